The molecule has 7 nitrogen and oxygen atoms in total. The average molecular weight is 578 g/mol. The van der Waals surface area contributed by atoms with Crippen molar-refractivity contribution in [3.05, 3.63) is 70.8 Å². The van der Waals surface area contributed by atoms with Gasteiger partial charge < -0.3 is 20.3 Å². The molecule has 2 aliphatic heterocycles. The summed E-state index contributed by atoms with van der Waals surface area (Å²) in [4.78, 5) is 22.0. The first kappa shape index (κ1) is 26.4. The van der Waals surface area contributed by atoms with Crippen LogP contribution in [-0.4, -0.2) is 67.6 Å². The summed E-state index contributed by atoms with van der Waals surface area (Å²) in [6, 6.07) is 16.8. The maximum atomic E-state index is 12.8. The van der Waals surface area contributed by atoms with Gasteiger partial charge in [0.25, 0.3) is 0 Å². The molecule has 4 rings (SSSR count). The topological polar surface area (TPSA) is 69.2 Å². The highest BCUT2D eigenvalue weighted by Gasteiger charge is 2.20. The standard InChI is InChI=1S/C26H35N5O2.HI/c1-2-27-26(29-18-25(32)31-12-11-21-7-3-5-10-24(21)20-31)28-17-22-8-4-6-9-23(22)19-30-13-15-33-16-14-30;/h3-10H,2,11-20H2,1H3,(H2,27,28,29);1H. The summed E-state index contributed by atoms with van der Waals surface area (Å²) < 4.78 is 5.47. The van der Waals surface area contributed by atoms with E-state index in [4.69, 9.17) is 9.73 Å². The molecule has 1 saturated heterocycles. The number of aliphatic imine (C=N–C) groups is 1. The Morgan fingerprint density at radius 1 is 0.971 bits per heavy atom. The molecule has 2 heterocycles. The van der Waals surface area contributed by atoms with Crippen molar-refractivity contribution >= 4 is 35.8 Å². The zero-order valence-corrected chi connectivity index (χ0v) is 22.3. The Morgan fingerprint density at radius 3 is 2.44 bits per heavy atom. The Bertz CT molecular complexity index is 962. The smallest absolute Gasteiger partial charge is 0.242 e. The van der Waals surface area contributed by atoms with Gasteiger partial charge >= 0.3 is 0 Å². The first-order chi connectivity index (χ1) is 16.2. The fraction of sp³-hybridized carbons (Fsp3) is 0.462. The Kier molecular flexibility index (Phi) is 10.6. The van der Waals surface area contributed by atoms with Crippen molar-refractivity contribution in [1.29, 1.82) is 0 Å². The van der Waals surface area contributed by atoms with Gasteiger partial charge in [0.1, 0.15) is 0 Å². The van der Waals surface area contributed by atoms with E-state index >= 15 is 0 Å². The molecular formula is C26H36IN5O2. The van der Waals surface area contributed by atoms with E-state index < -0.39 is 0 Å². The molecule has 1 amide bonds. The lowest BCUT2D eigenvalue weighted by molar-refractivity contribution is -0.130. The Morgan fingerprint density at radius 2 is 1.68 bits per heavy atom. The lowest BCUT2D eigenvalue weighted by atomic mass is 10.00. The van der Waals surface area contributed by atoms with Gasteiger partial charge in [-0.1, -0.05) is 48.5 Å². The van der Waals surface area contributed by atoms with Crippen LogP contribution in [0.15, 0.2) is 53.5 Å². The van der Waals surface area contributed by atoms with Crippen LogP contribution in [0.5, 0.6) is 0 Å². The molecule has 184 valence electrons. The van der Waals surface area contributed by atoms with Crippen molar-refractivity contribution in [1.82, 2.24) is 20.4 Å². The Labute approximate surface area is 220 Å². The van der Waals surface area contributed by atoms with Crippen molar-refractivity contribution in [2.45, 2.75) is 33.0 Å². The highest BCUT2D eigenvalue weighted by atomic mass is 127. The van der Waals surface area contributed by atoms with Crippen molar-refractivity contribution in [3.63, 3.8) is 0 Å². The largest absolute Gasteiger partial charge is 0.379 e. The van der Waals surface area contributed by atoms with Gasteiger partial charge in [0.05, 0.1) is 26.3 Å². The van der Waals surface area contributed by atoms with E-state index in [2.05, 4.69) is 58.0 Å². The van der Waals surface area contributed by atoms with Crippen molar-refractivity contribution in [2.75, 3.05) is 45.9 Å². The van der Waals surface area contributed by atoms with E-state index in [1.807, 2.05) is 17.9 Å². The fourth-order valence-electron chi connectivity index (χ4n) is 4.35. The van der Waals surface area contributed by atoms with Gasteiger partial charge in [-0.15, -0.1) is 24.0 Å². The third-order valence-electron chi connectivity index (χ3n) is 6.26. The van der Waals surface area contributed by atoms with E-state index in [1.54, 1.807) is 0 Å². The Balaban J connectivity index is 0.00000324. The Hall–Kier alpha value is -2.17. The van der Waals surface area contributed by atoms with E-state index in [0.717, 1.165) is 52.4 Å². The summed E-state index contributed by atoms with van der Waals surface area (Å²) in [7, 11) is 0. The normalized spacial score (nSPS) is 16.4. The van der Waals surface area contributed by atoms with Crippen LogP contribution in [-0.2, 0) is 35.6 Å². The van der Waals surface area contributed by atoms with E-state index in [1.165, 1.54) is 22.3 Å². The summed E-state index contributed by atoms with van der Waals surface area (Å²) in [5, 5.41) is 6.50. The van der Waals surface area contributed by atoms with E-state index in [-0.39, 0.29) is 36.4 Å². The van der Waals surface area contributed by atoms with Crippen LogP contribution >= 0.6 is 24.0 Å². The fourth-order valence-corrected chi connectivity index (χ4v) is 4.35. The minimum absolute atomic E-state index is 0. The molecule has 0 bridgehead atoms. The maximum Gasteiger partial charge on any atom is 0.242 e. The molecule has 2 aliphatic rings. The van der Waals surface area contributed by atoms with Crippen LogP contribution in [0.1, 0.15) is 29.2 Å². The van der Waals surface area contributed by atoms with Gasteiger partial charge in [0.15, 0.2) is 5.96 Å². The predicted octanol–water partition coefficient (Wildman–Crippen LogP) is 2.78. The molecule has 0 spiro atoms. The van der Waals surface area contributed by atoms with Gasteiger partial charge in [-0.2, -0.15) is 0 Å². The van der Waals surface area contributed by atoms with Crippen molar-refractivity contribution < 1.29 is 9.53 Å². The van der Waals surface area contributed by atoms with Crippen molar-refractivity contribution in [3.8, 4) is 0 Å². The van der Waals surface area contributed by atoms with Crippen LogP contribution < -0.4 is 10.6 Å². The summed E-state index contributed by atoms with van der Waals surface area (Å²) >= 11 is 0. The number of hydrogen-bond acceptors (Lipinski definition) is 4. The summed E-state index contributed by atoms with van der Waals surface area (Å²) in [5.41, 5.74) is 5.09. The van der Waals surface area contributed by atoms with Gasteiger partial charge in [-0.3, -0.25) is 9.69 Å². The van der Waals surface area contributed by atoms with E-state index in [9.17, 15) is 4.79 Å². The highest BCUT2D eigenvalue weighted by molar-refractivity contribution is 14.0. The minimum Gasteiger partial charge on any atom is -0.379 e. The van der Waals surface area contributed by atoms with Crippen LogP contribution in [0.3, 0.4) is 0 Å². The molecule has 34 heavy (non-hydrogen) atoms. The molecule has 0 saturated carbocycles. The molecule has 0 aromatic heterocycles. The molecule has 2 aromatic carbocycles. The molecule has 0 unspecified atom stereocenters. The molecule has 8 heteroatoms. The van der Waals surface area contributed by atoms with Gasteiger partial charge in [0.2, 0.25) is 5.91 Å². The van der Waals surface area contributed by atoms with Gasteiger partial charge in [0, 0.05) is 39.3 Å². The lowest BCUT2D eigenvalue weighted by Gasteiger charge is -2.29. The SMILES string of the molecule is CCNC(=NCc1ccccc1CN1CCOCC1)NCC(=O)N1CCc2ccccc2C1.I. The number of ether oxygens (including phenoxy) is 1. The number of guanidine groups is 1. The zero-order chi connectivity index (χ0) is 22.9. The van der Waals surface area contributed by atoms with Crippen LogP contribution in [0.25, 0.3) is 0 Å². The second-order valence-electron chi connectivity index (χ2n) is 8.54. The van der Waals surface area contributed by atoms with Crippen LogP contribution in [0, 0.1) is 0 Å². The summed E-state index contributed by atoms with van der Waals surface area (Å²) in [5.74, 6) is 0.771. The molecular weight excluding hydrogens is 541 g/mol. The third-order valence-corrected chi connectivity index (χ3v) is 6.26. The number of rotatable bonds is 7. The number of morpholine rings is 1. The first-order valence-electron chi connectivity index (χ1n) is 12.0. The molecule has 0 aliphatic carbocycles. The summed E-state index contributed by atoms with van der Waals surface area (Å²) in [6.45, 7) is 9.46. The number of carbonyl (C=O) groups excluding carboxylic acids is 1. The van der Waals surface area contributed by atoms with Gasteiger partial charge in [-0.05, 0) is 35.6 Å². The van der Waals surface area contributed by atoms with Crippen LogP contribution in [0.4, 0.5) is 0 Å². The average Bonchev–Trinajstić information content (AvgIpc) is 2.86. The highest BCUT2D eigenvalue weighted by Crippen LogP contribution is 2.18. The molecule has 0 radical (unpaired) electrons. The maximum absolute atomic E-state index is 12.8. The number of halogens is 1. The first-order valence-corrected chi connectivity index (χ1v) is 12.0. The zero-order valence-electron chi connectivity index (χ0n) is 20.0. The second-order valence-corrected chi connectivity index (χ2v) is 8.54. The monoisotopic (exact) mass is 577 g/mol. The van der Waals surface area contributed by atoms with Crippen molar-refractivity contribution in [2.24, 2.45) is 4.99 Å². The molecule has 1 fully saturated rings. The minimum atomic E-state index is 0. The molecule has 2 N–H and O–H groups in total. The third kappa shape index (κ3) is 7.41. The second kappa shape index (κ2) is 13.7. The number of nitrogens with one attached hydrogen (secondary N) is 2. The molecule has 2 aromatic rings. The number of nitrogens with zero attached hydrogens (tertiary/aromatic N) is 3. The van der Waals surface area contributed by atoms with Crippen LogP contribution in [0.2, 0.25) is 0 Å². The van der Waals surface area contributed by atoms with E-state index in [0.29, 0.717) is 19.0 Å². The number of benzene rings is 2. The number of carbonyl (C=O) groups is 1. The summed E-state index contributed by atoms with van der Waals surface area (Å²) in [6.07, 6.45) is 0.913. The lowest BCUT2D eigenvalue weighted by Crippen LogP contribution is -2.46. The predicted molar refractivity (Wildman–Crippen MR) is 146 cm³/mol. The quantitative estimate of drug-likeness (QED) is 0.301. The number of amides is 1. The molecule has 0 atom stereocenters. The number of hydrogen-bond donors (Lipinski definition) is 2. The number of fused-ring (bicyclic) bond motifs is 1. The van der Waals surface area contributed by atoms with Gasteiger partial charge in [-0.25, -0.2) is 4.99 Å².